The van der Waals surface area contributed by atoms with Crippen LogP contribution in [0.2, 0.25) is 5.02 Å². The number of carbonyl (C=O) groups is 1. The SMILES string of the molecule is Cc1cc(CNC(=O)N2CCCC2c2ccccc2Cl)on1. The molecule has 0 bridgehead atoms. The summed E-state index contributed by atoms with van der Waals surface area (Å²) in [5.41, 5.74) is 1.81. The molecule has 6 heteroatoms. The Labute approximate surface area is 134 Å². The fourth-order valence-electron chi connectivity index (χ4n) is 2.84. The summed E-state index contributed by atoms with van der Waals surface area (Å²) in [6, 6.07) is 9.45. The molecule has 1 aromatic heterocycles. The van der Waals surface area contributed by atoms with E-state index >= 15 is 0 Å². The van der Waals surface area contributed by atoms with Crippen molar-refractivity contribution < 1.29 is 9.32 Å². The molecular formula is C16H18ClN3O2. The van der Waals surface area contributed by atoms with Crippen LogP contribution in [0.1, 0.15) is 35.9 Å². The van der Waals surface area contributed by atoms with Crippen molar-refractivity contribution in [2.45, 2.75) is 32.4 Å². The maximum absolute atomic E-state index is 12.4. The van der Waals surface area contributed by atoms with Gasteiger partial charge in [-0.05, 0) is 31.4 Å². The van der Waals surface area contributed by atoms with Crippen LogP contribution < -0.4 is 5.32 Å². The average molecular weight is 320 g/mol. The third-order valence-electron chi connectivity index (χ3n) is 3.87. The molecule has 116 valence electrons. The highest BCUT2D eigenvalue weighted by atomic mass is 35.5. The van der Waals surface area contributed by atoms with Crippen LogP contribution in [-0.4, -0.2) is 22.6 Å². The van der Waals surface area contributed by atoms with Gasteiger partial charge in [-0.15, -0.1) is 0 Å². The number of hydrogen-bond acceptors (Lipinski definition) is 3. The third-order valence-corrected chi connectivity index (χ3v) is 4.21. The molecule has 2 amide bonds. The van der Waals surface area contributed by atoms with Crippen LogP contribution in [0.4, 0.5) is 4.79 Å². The average Bonchev–Trinajstić information content (AvgIpc) is 3.14. The molecule has 2 heterocycles. The van der Waals surface area contributed by atoms with Gasteiger partial charge in [-0.1, -0.05) is 35.0 Å². The van der Waals surface area contributed by atoms with Gasteiger partial charge in [-0.2, -0.15) is 0 Å². The summed E-state index contributed by atoms with van der Waals surface area (Å²) in [7, 11) is 0. The van der Waals surface area contributed by atoms with Crippen LogP contribution in [0.15, 0.2) is 34.9 Å². The van der Waals surface area contributed by atoms with Gasteiger partial charge >= 0.3 is 6.03 Å². The lowest BCUT2D eigenvalue weighted by molar-refractivity contribution is 0.191. The number of nitrogens with one attached hydrogen (secondary N) is 1. The summed E-state index contributed by atoms with van der Waals surface area (Å²) in [4.78, 5) is 14.3. The lowest BCUT2D eigenvalue weighted by Gasteiger charge is -2.25. The smallest absolute Gasteiger partial charge is 0.318 e. The van der Waals surface area contributed by atoms with Crippen LogP contribution in [0.5, 0.6) is 0 Å². The molecule has 1 saturated heterocycles. The van der Waals surface area contributed by atoms with Gasteiger partial charge in [0.05, 0.1) is 18.3 Å². The first kappa shape index (κ1) is 14.9. The number of urea groups is 1. The molecule has 1 unspecified atom stereocenters. The minimum Gasteiger partial charge on any atom is -0.359 e. The Bertz CT molecular complexity index is 671. The molecule has 5 nitrogen and oxygen atoms in total. The summed E-state index contributed by atoms with van der Waals surface area (Å²) in [5, 5.41) is 7.40. The molecule has 1 aromatic carbocycles. The highest BCUT2D eigenvalue weighted by molar-refractivity contribution is 6.31. The number of hydrogen-bond donors (Lipinski definition) is 1. The molecule has 0 radical (unpaired) electrons. The number of aryl methyl sites for hydroxylation is 1. The number of nitrogens with zero attached hydrogens (tertiary/aromatic N) is 2. The van der Waals surface area contributed by atoms with E-state index in [1.807, 2.05) is 42.2 Å². The van der Waals surface area contributed by atoms with Crippen molar-refractivity contribution in [2.75, 3.05) is 6.54 Å². The van der Waals surface area contributed by atoms with Gasteiger partial charge in [0.15, 0.2) is 5.76 Å². The molecular weight excluding hydrogens is 302 g/mol. The minimum atomic E-state index is -0.100. The highest BCUT2D eigenvalue weighted by Crippen LogP contribution is 2.35. The van der Waals surface area contributed by atoms with Gasteiger partial charge in [-0.25, -0.2) is 4.79 Å². The number of likely N-dealkylation sites (tertiary alicyclic amines) is 1. The third kappa shape index (κ3) is 3.09. The quantitative estimate of drug-likeness (QED) is 0.938. The molecule has 22 heavy (non-hydrogen) atoms. The van der Waals surface area contributed by atoms with Gasteiger partial charge in [0.25, 0.3) is 0 Å². The van der Waals surface area contributed by atoms with Crippen LogP contribution >= 0.6 is 11.6 Å². The van der Waals surface area contributed by atoms with Crippen LogP contribution in [-0.2, 0) is 6.54 Å². The predicted octanol–water partition coefficient (Wildman–Crippen LogP) is 3.68. The Hall–Kier alpha value is -2.01. The zero-order valence-corrected chi connectivity index (χ0v) is 13.1. The molecule has 0 spiro atoms. The van der Waals surface area contributed by atoms with E-state index in [1.54, 1.807) is 0 Å². The normalized spacial score (nSPS) is 17.7. The van der Waals surface area contributed by atoms with Gasteiger partial charge in [0.1, 0.15) is 0 Å². The zero-order chi connectivity index (χ0) is 15.5. The second-order valence-electron chi connectivity index (χ2n) is 5.47. The van der Waals surface area contributed by atoms with E-state index in [4.69, 9.17) is 16.1 Å². The molecule has 1 fully saturated rings. The van der Waals surface area contributed by atoms with Gasteiger partial charge < -0.3 is 14.7 Å². The number of aromatic nitrogens is 1. The van der Waals surface area contributed by atoms with E-state index < -0.39 is 0 Å². The molecule has 0 aliphatic carbocycles. The minimum absolute atomic E-state index is 0.0326. The summed E-state index contributed by atoms with van der Waals surface area (Å²) in [6.07, 6.45) is 1.91. The van der Waals surface area contributed by atoms with Crippen LogP contribution in [0, 0.1) is 6.92 Å². The van der Waals surface area contributed by atoms with E-state index in [0.717, 1.165) is 30.6 Å². The molecule has 1 atom stereocenters. The molecule has 1 N–H and O–H groups in total. The Morgan fingerprint density at radius 1 is 1.50 bits per heavy atom. The van der Waals surface area contributed by atoms with E-state index in [9.17, 15) is 4.79 Å². The van der Waals surface area contributed by atoms with Crippen molar-refractivity contribution in [3.63, 3.8) is 0 Å². The second-order valence-corrected chi connectivity index (χ2v) is 5.87. The number of halogens is 1. The maximum atomic E-state index is 12.4. The number of amides is 2. The van der Waals surface area contributed by atoms with Crippen molar-refractivity contribution in [2.24, 2.45) is 0 Å². The van der Waals surface area contributed by atoms with E-state index in [1.165, 1.54) is 0 Å². The van der Waals surface area contributed by atoms with Crippen LogP contribution in [0.25, 0.3) is 0 Å². The first-order valence-corrected chi connectivity index (χ1v) is 7.74. The monoisotopic (exact) mass is 319 g/mol. The lowest BCUT2D eigenvalue weighted by atomic mass is 10.0. The van der Waals surface area contributed by atoms with E-state index in [-0.39, 0.29) is 12.1 Å². The number of benzene rings is 1. The molecule has 0 saturated carbocycles. The summed E-state index contributed by atoms with van der Waals surface area (Å²) < 4.78 is 5.10. The molecule has 1 aliphatic rings. The second kappa shape index (κ2) is 6.40. The predicted molar refractivity (Wildman–Crippen MR) is 83.6 cm³/mol. The number of rotatable bonds is 3. The largest absolute Gasteiger partial charge is 0.359 e. The van der Waals surface area contributed by atoms with Gasteiger partial charge in [0.2, 0.25) is 0 Å². The fraction of sp³-hybridized carbons (Fsp3) is 0.375. The van der Waals surface area contributed by atoms with Crippen molar-refractivity contribution in [3.8, 4) is 0 Å². The van der Waals surface area contributed by atoms with Crippen molar-refractivity contribution in [1.29, 1.82) is 0 Å². The van der Waals surface area contributed by atoms with Gasteiger partial charge in [-0.3, -0.25) is 0 Å². The molecule has 3 rings (SSSR count). The first-order valence-electron chi connectivity index (χ1n) is 7.36. The fourth-order valence-corrected chi connectivity index (χ4v) is 3.10. The van der Waals surface area contributed by atoms with Crippen molar-refractivity contribution >= 4 is 17.6 Å². The van der Waals surface area contributed by atoms with E-state index in [2.05, 4.69) is 10.5 Å². The topological polar surface area (TPSA) is 58.4 Å². The van der Waals surface area contributed by atoms with E-state index in [0.29, 0.717) is 17.3 Å². The Kier molecular flexibility index (Phi) is 4.34. The van der Waals surface area contributed by atoms with Crippen molar-refractivity contribution in [3.05, 3.63) is 52.4 Å². The highest BCUT2D eigenvalue weighted by Gasteiger charge is 2.31. The Morgan fingerprint density at radius 3 is 3.05 bits per heavy atom. The summed E-state index contributed by atoms with van der Waals surface area (Å²) in [6.45, 7) is 2.92. The molecule has 2 aromatic rings. The summed E-state index contributed by atoms with van der Waals surface area (Å²) >= 11 is 6.27. The lowest BCUT2D eigenvalue weighted by Crippen LogP contribution is -2.39. The maximum Gasteiger partial charge on any atom is 0.318 e. The Morgan fingerprint density at radius 2 is 2.32 bits per heavy atom. The standard InChI is InChI=1S/C16H18ClN3O2/c1-11-9-12(22-19-11)10-18-16(21)20-8-4-7-15(20)13-5-2-3-6-14(13)17/h2-3,5-6,9,15H,4,7-8,10H2,1H3,(H,18,21). The van der Waals surface area contributed by atoms with Gasteiger partial charge in [0, 0.05) is 17.6 Å². The Balaban J connectivity index is 1.67. The van der Waals surface area contributed by atoms with Crippen LogP contribution in [0.3, 0.4) is 0 Å². The van der Waals surface area contributed by atoms with Crippen molar-refractivity contribution in [1.82, 2.24) is 15.4 Å². The number of carbonyl (C=O) groups excluding carboxylic acids is 1. The first-order chi connectivity index (χ1) is 10.6. The summed E-state index contributed by atoms with van der Waals surface area (Å²) in [5.74, 6) is 0.652. The molecule has 1 aliphatic heterocycles. The zero-order valence-electron chi connectivity index (χ0n) is 12.4.